The highest BCUT2D eigenvalue weighted by Gasteiger charge is 2.09. The van der Waals surface area contributed by atoms with E-state index in [-0.39, 0.29) is 11.5 Å². The van der Waals surface area contributed by atoms with E-state index in [1.165, 1.54) is 0 Å². The molecule has 21 heavy (non-hydrogen) atoms. The van der Waals surface area contributed by atoms with Crippen molar-refractivity contribution in [3.8, 4) is 0 Å². The highest BCUT2D eigenvalue weighted by Crippen LogP contribution is 2.08. The van der Waals surface area contributed by atoms with Gasteiger partial charge in [0.1, 0.15) is 5.82 Å². The highest BCUT2D eigenvalue weighted by molar-refractivity contribution is 5.77. The number of ether oxygens (including phenoxy) is 1. The van der Waals surface area contributed by atoms with Crippen LogP contribution in [0.25, 0.3) is 10.9 Å². The Labute approximate surface area is 123 Å². The van der Waals surface area contributed by atoms with Gasteiger partial charge in [0.2, 0.25) is 0 Å². The summed E-state index contributed by atoms with van der Waals surface area (Å²) in [6.07, 6.45) is 1.67. The molecule has 0 spiro atoms. The fourth-order valence-corrected chi connectivity index (χ4v) is 2.23. The van der Waals surface area contributed by atoms with Gasteiger partial charge in [-0.3, -0.25) is 14.2 Å². The molecular formula is C16H20N2O3. The third kappa shape index (κ3) is 3.48. The predicted molar refractivity (Wildman–Crippen MR) is 81.2 cm³/mol. The van der Waals surface area contributed by atoms with E-state index in [4.69, 9.17) is 4.74 Å². The zero-order valence-corrected chi connectivity index (χ0v) is 12.5. The van der Waals surface area contributed by atoms with Crippen molar-refractivity contribution in [2.24, 2.45) is 0 Å². The minimum Gasteiger partial charge on any atom is -0.466 e. The molecule has 0 saturated carbocycles. The Kier molecular flexibility index (Phi) is 5.09. The fourth-order valence-electron chi connectivity index (χ4n) is 2.23. The van der Waals surface area contributed by atoms with Crippen LogP contribution in [-0.2, 0) is 22.5 Å². The lowest BCUT2D eigenvalue weighted by Crippen LogP contribution is -2.26. The molecule has 1 heterocycles. The fraction of sp³-hybridized carbons (Fsp3) is 0.438. The second-order valence-electron chi connectivity index (χ2n) is 4.78. The van der Waals surface area contributed by atoms with Crippen molar-refractivity contribution < 1.29 is 9.53 Å². The molecule has 0 saturated heterocycles. The van der Waals surface area contributed by atoms with E-state index in [1.54, 1.807) is 17.6 Å². The van der Waals surface area contributed by atoms with Gasteiger partial charge in [0.25, 0.3) is 5.56 Å². The van der Waals surface area contributed by atoms with E-state index in [9.17, 15) is 9.59 Å². The topological polar surface area (TPSA) is 61.2 Å². The average molecular weight is 288 g/mol. The summed E-state index contributed by atoms with van der Waals surface area (Å²) < 4.78 is 6.72. The molecule has 0 bridgehead atoms. The van der Waals surface area contributed by atoms with Crippen LogP contribution in [0.15, 0.2) is 29.1 Å². The molecule has 0 radical (unpaired) electrons. The third-order valence-corrected chi connectivity index (χ3v) is 3.33. The number of esters is 1. The van der Waals surface area contributed by atoms with E-state index in [0.717, 1.165) is 11.3 Å². The van der Waals surface area contributed by atoms with Gasteiger partial charge in [-0.15, -0.1) is 0 Å². The lowest BCUT2D eigenvalue weighted by Gasteiger charge is -2.12. The molecule has 0 aliphatic rings. The zero-order valence-electron chi connectivity index (χ0n) is 12.5. The molecule has 0 unspecified atom stereocenters. The van der Waals surface area contributed by atoms with Gasteiger partial charge in [0.05, 0.1) is 17.5 Å². The minimum atomic E-state index is -0.213. The van der Waals surface area contributed by atoms with Crippen LogP contribution in [0.5, 0.6) is 0 Å². The molecular weight excluding hydrogens is 268 g/mol. The Balaban J connectivity index is 2.20. The zero-order chi connectivity index (χ0) is 15.2. The monoisotopic (exact) mass is 288 g/mol. The van der Waals surface area contributed by atoms with Gasteiger partial charge in [-0.25, -0.2) is 4.98 Å². The van der Waals surface area contributed by atoms with Crippen molar-refractivity contribution in [3.63, 3.8) is 0 Å². The molecule has 2 aromatic rings. The van der Waals surface area contributed by atoms with Crippen molar-refractivity contribution in [3.05, 3.63) is 40.4 Å². The largest absolute Gasteiger partial charge is 0.466 e. The summed E-state index contributed by atoms with van der Waals surface area (Å²) in [7, 11) is 0. The van der Waals surface area contributed by atoms with Crippen molar-refractivity contribution in [1.29, 1.82) is 0 Å². The normalized spacial score (nSPS) is 10.8. The van der Waals surface area contributed by atoms with Crippen LogP contribution in [-0.4, -0.2) is 22.1 Å². The molecule has 0 aliphatic heterocycles. The van der Waals surface area contributed by atoms with Crippen LogP contribution >= 0.6 is 0 Å². The van der Waals surface area contributed by atoms with E-state index >= 15 is 0 Å². The molecule has 0 aliphatic carbocycles. The minimum absolute atomic E-state index is 0.0285. The summed E-state index contributed by atoms with van der Waals surface area (Å²) in [5.41, 5.74) is 0.701. The van der Waals surface area contributed by atoms with E-state index in [2.05, 4.69) is 4.98 Å². The number of para-hydroxylation sites is 1. The number of hydrogen-bond donors (Lipinski definition) is 0. The van der Waals surface area contributed by atoms with Crippen LogP contribution in [0.3, 0.4) is 0 Å². The summed E-state index contributed by atoms with van der Waals surface area (Å²) in [6.45, 7) is 4.57. The lowest BCUT2D eigenvalue weighted by atomic mass is 10.2. The maximum absolute atomic E-state index is 12.5. The summed E-state index contributed by atoms with van der Waals surface area (Å²) in [5.74, 6) is 0.551. The molecule has 5 nitrogen and oxygen atoms in total. The molecule has 0 atom stereocenters. The average Bonchev–Trinajstić information content (AvgIpc) is 2.52. The SMILES string of the molecule is CCC(=O)OCCCn1c(CC)nc2ccccc2c1=O. The van der Waals surface area contributed by atoms with Gasteiger partial charge >= 0.3 is 5.97 Å². The van der Waals surface area contributed by atoms with Crippen molar-refractivity contribution in [1.82, 2.24) is 9.55 Å². The first-order valence-electron chi connectivity index (χ1n) is 7.31. The Morgan fingerprint density at radius 3 is 2.76 bits per heavy atom. The van der Waals surface area contributed by atoms with E-state index < -0.39 is 0 Å². The maximum Gasteiger partial charge on any atom is 0.305 e. The second kappa shape index (κ2) is 7.02. The Morgan fingerprint density at radius 1 is 1.29 bits per heavy atom. The van der Waals surface area contributed by atoms with Crippen LogP contribution in [0.1, 0.15) is 32.5 Å². The number of carbonyl (C=O) groups is 1. The standard InChI is InChI=1S/C16H20N2O3/c1-3-14-17-13-9-6-5-8-12(13)16(20)18(14)10-7-11-21-15(19)4-2/h5-6,8-9H,3-4,7,10-11H2,1-2H3. The first kappa shape index (κ1) is 15.2. The van der Waals surface area contributed by atoms with Crippen LogP contribution in [0.2, 0.25) is 0 Å². The summed E-state index contributed by atoms with van der Waals surface area (Å²) in [5, 5.41) is 0.625. The van der Waals surface area contributed by atoms with Crippen molar-refractivity contribution >= 4 is 16.9 Å². The van der Waals surface area contributed by atoms with Gasteiger partial charge in [-0.2, -0.15) is 0 Å². The maximum atomic E-state index is 12.5. The number of nitrogens with zero attached hydrogens (tertiary/aromatic N) is 2. The number of aromatic nitrogens is 2. The number of benzene rings is 1. The van der Waals surface area contributed by atoms with Gasteiger partial charge in [0.15, 0.2) is 0 Å². The van der Waals surface area contributed by atoms with Gasteiger partial charge in [-0.05, 0) is 18.6 Å². The van der Waals surface area contributed by atoms with Crippen LogP contribution in [0, 0.1) is 0 Å². The highest BCUT2D eigenvalue weighted by atomic mass is 16.5. The molecule has 5 heteroatoms. The quantitative estimate of drug-likeness (QED) is 0.604. The predicted octanol–water partition coefficient (Wildman–Crippen LogP) is 2.30. The van der Waals surface area contributed by atoms with Crippen LogP contribution < -0.4 is 5.56 Å². The molecule has 0 N–H and O–H groups in total. The Morgan fingerprint density at radius 2 is 2.05 bits per heavy atom. The van der Waals surface area contributed by atoms with Crippen molar-refractivity contribution in [2.75, 3.05) is 6.61 Å². The first-order valence-corrected chi connectivity index (χ1v) is 7.31. The molecule has 1 aromatic carbocycles. The number of rotatable bonds is 6. The molecule has 112 valence electrons. The third-order valence-electron chi connectivity index (χ3n) is 3.33. The number of carbonyl (C=O) groups excluding carboxylic acids is 1. The van der Waals surface area contributed by atoms with Gasteiger partial charge < -0.3 is 4.74 Å². The van der Waals surface area contributed by atoms with Crippen LogP contribution in [0.4, 0.5) is 0 Å². The first-order chi connectivity index (χ1) is 10.2. The molecule has 1 aromatic heterocycles. The van der Waals surface area contributed by atoms with Gasteiger partial charge in [0, 0.05) is 19.4 Å². The molecule has 0 amide bonds. The number of fused-ring (bicyclic) bond motifs is 1. The number of aryl methyl sites for hydroxylation is 1. The van der Waals surface area contributed by atoms with E-state index in [0.29, 0.717) is 37.8 Å². The smallest absolute Gasteiger partial charge is 0.305 e. The molecule has 2 rings (SSSR count). The second-order valence-corrected chi connectivity index (χ2v) is 4.78. The van der Waals surface area contributed by atoms with Gasteiger partial charge in [-0.1, -0.05) is 26.0 Å². The Hall–Kier alpha value is -2.17. The number of hydrogen-bond acceptors (Lipinski definition) is 4. The van der Waals surface area contributed by atoms with Crippen molar-refractivity contribution in [2.45, 2.75) is 39.7 Å². The Bertz CT molecular complexity index is 691. The summed E-state index contributed by atoms with van der Waals surface area (Å²) in [6, 6.07) is 7.36. The summed E-state index contributed by atoms with van der Waals surface area (Å²) >= 11 is 0. The molecule has 0 fully saturated rings. The van der Waals surface area contributed by atoms with E-state index in [1.807, 2.05) is 25.1 Å². The lowest BCUT2D eigenvalue weighted by molar-refractivity contribution is -0.143. The summed E-state index contributed by atoms with van der Waals surface area (Å²) in [4.78, 5) is 28.1.